The van der Waals surface area contributed by atoms with Crippen molar-refractivity contribution in [1.29, 1.82) is 0 Å². The molecule has 0 bridgehead atoms. The molecule has 0 rings (SSSR count). The Morgan fingerprint density at radius 3 is 2.17 bits per heavy atom. The van der Waals surface area contributed by atoms with Crippen LogP contribution in [0.2, 0.25) is 0 Å². The van der Waals surface area contributed by atoms with Gasteiger partial charge in [-0.1, -0.05) is 6.92 Å². The minimum absolute atomic E-state index is 0.235. The van der Waals surface area contributed by atoms with Gasteiger partial charge in [-0.3, -0.25) is 9.36 Å². The van der Waals surface area contributed by atoms with E-state index in [0.29, 0.717) is 6.54 Å². The van der Waals surface area contributed by atoms with Crippen LogP contribution in [-0.2, 0) is 9.36 Å². The maximum Gasteiger partial charge on any atom is 0.344 e. The molecule has 0 aromatic carbocycles. The van der Waals surface area contributed by atoms with Gasteiger partial charge in [0, 0.05) is 13.0 Å². The SMILES string of the molecule is CCC(=O)N(CC)CP(=O)(O)O. The van der Waals surface area contributed by atoms with Crippen molar-refractivity contribution in [3.05, 3.63) is 0 Å². The lowest BCUT2D eigenvalue weighted by Gasteiger charge is -2.20. The summed E-state index contributed by atoms with van der Waals surface area (Å²) < 4.78 is 10.5. The Balaban J connectivity index is 4.19. The van der Waals surface area contributed by atoms with E-state index in [9.17, 15) is 9.36 Å². The van der Waals surface area contributed by atoms with Crippen LogP contribution in [0.4, 0.5) is 0 Å². The van der Waals surface area contributed by atoms with Crippen molar-refractivity contribution < 1.29 is 19.1 Å². The van der Waals surface area contributed by atoms with Crippen molar-refractivity contribution in [2.24, 2.45) is 0 Å². The molecule has 0 radical (unpaired) electrons. The fourth-order valence-corrected chi connectivity index (χ4v) is 1.60. The fraction of sp³-hybridized carbons (Fsp3) is 0.833. The van der Waals surface area contributed by atoms with Gasteiger partial charge in [-0.05, 0) is 6.92 Å². The van der Waals surface area contributed by atoms with Gasteiger partial charge in [-0.25, -0.2) is 0 Å². The normalized spacial score (nSPS) is 11.3. The van der Waals surface area contributed by atoms with Crippen molar-refractivity contribution in [2.75, 3.05) is 12.8 Å². The standard InChI is InChI=1S/C6H14NO4P/c1-3-6(8)7(4-2)5-12(9,10)11/h3-5H2,1-2H3,(H2,9,10,11). The summed E-state index contributed by atoms with van der Waals surface area (Å²) in [7, 11) is -4.10. The molecular formula is C6H14NO4P. The predicted molar refractivity (Wildman–Crippen MR) is 44.6 cm³/mol. The molecule has 1 amide bonds. The summed E-state index contributed by atoms with van der Waals surface area (Å²) in [6.45, 7) is 3.67. The van der Waals surface area contributed by atoms with Crippen molar-refractivity contribution in [1.82, 2.24) is 4.90 Å². The van der Waals surface area contributed by atoms with Gasteiger partial charge in [0.25, 0.3) is 0 Å². The molecule has 72 valence electrons. The molecule has 0 unspecified atom stereocenters. The Morgan fingerprint density at radius 2 is 1.92 bits per heavy atom. The first-order valence-corrected chi connectivity index (χ1v) is 5.52. The summed E-state index contributed by atoms with van der Waals surface area (Å²) in [5.41, 5.74) is 0. The first-order chi connectivity index (χ1) is 5.40. The average Bonchev–Trinajstić information content (AvgIpc) is 1.97. The highest BCUT2D eigenvalue weighted by Crippen LogP contribution is 2.35. The molecule has 12 heavy (non-hydrogen) atoms. The lowest BCUT2D eigenvalue weighted by molar-refractivity contribution is -0.130. The van der Waals surface area contributed by atoms with E-state index in [4.69, 9.17) is 9.79 Å². The Bertz CT molecular complexity index is 200. The van der Waals surface area contributed by atoms with Gasteiger partial charge >= 0.3 is 7.60 Å². The van der Waals surface area contributed by atoms with E-state index in [2.05, 4.69) is 0 Å². The Hall–Kier alpha value is -0.380. The molecule has 0 aromatic heterocycles. The van der Waals surface area contributed by atoms with Crippen LogP contribution in [0.1, 0.15) is 20.3 Å². The van der Waals surface area contributed by atoms with Crippen LogP contribution < -0.4 is 0 Å². The van der Waals surface area contributed by atoms with E-state index in [-0.39, 0.29) is 12.3 Å². The van der Waals surface area contributed by atoms with Crippen molar-refractivity contribution in [2.45, 2.75) is 20.3 Å². The molecule has 5 nitrogen and oxygen atoms in total. The molecule has 0 atom stereocenters. The molecule has 0 aliphatic rings. The molecule has 0 aromatic rings. The molecule has 6 heteroatoms. The third-order valence-corrected chi connectivity index (χ3v) is 2.10. The molecule has 0 aliphatic heterocycles. The van der Waals surface area contributed by atoms with Gasteiger partial charge in [0.1, 0.15) is 6.29 Å². The summed E-state index contributed by atoms with van der Waals surface area (Å²) in [6.07, 6.45) is -0.204. The molecule has 0 heterocycles. The molecule has 0 fully saturated rings. The van der Waals surface area contributed by atoms with E-state index in [1.807, 2.05) is 0 Å². The second-order valence-electron chi connectivity index (χ2n) is 2.41. The topological polar surface area (TPSA) is 77.8 Å². The number of hydrogen-bond donors (Lipinski definition) is 2. The molecule has 0 aliphatic carbocycles. The molecular weight excluding hydrogens is 181 g/mol. The largest absolute Gasteiger partial charge is 0.344 e. The van der Waals surface area contributed by atoms with E-state index >= 15 is 0 Å². The van der Waals surface area contributed by atoms with Gasteiger partial charge in [0.05, 0.1) is 0 Å². The fourth-order valence-electron chi connectivity index (χ4n) is 0.801. The van der Waals surface area contributed by atoms with Gasteiger partial charge in [-0.2, -0.15) is 0 Å². The predicted octanol–water partition coefficient (Wildman–Crippen LogP) is 0.380. The van der Waals surface area contributed by atoms with Crippen molar-refractivity contribution >= 4 is 13.5 Å². The number of amides is 1. The minimum atomic E-state index is -4.10. The zero-order chi connectivity index (χ0) is 9.78. The third-order valence-electron chi connectivity index (χ3n) is 1.39. The van der Waals surface area contributed by atoms with E-state index in [0.717, 1.165) is 4.90 Å². The maximum atomic E-state index is 11.0. The summed E-state index contributed by atoms with van der Waals surface area (Å²) in [4.78, 5) is 29.3. The third kappa shape index (κ3) is 4.49. The summed E-state index contributed by atoms with van der Waals surface area (Å²) in [5.74, 6) is -0.235. The number of rotatable bonds is 4. The maximum absolute atomic E-state index is 11.0. The number of carbonyl (C=O) groups excluding carboxylic acids is 1. The summed E-state index contributed by atoms with van der Waals surface area (Å²) in [6, 6.07) is 0. The quantitative estimate of drug-likeness (QED) is 0.635. The van der Waals surface area contributed by atoms with E-state index < -0.39 is 13.9 Å². The lowest BCUT2D eigenvalue weighted by atomic mass is 10.4. The van der Waals surface area contributed by atoms with Gasteiger partial charge < -0.3 is 14.7 Å². The number of carbonyl (C=O) groups is 1. The van der Waals surface area contributed by atoms with Gasteiger partial charge in [0.15, 0.2) is 0 Å². The highest BCUT2D eigenvalue weighted by Gasteiger charge is 2.20. The Morgan fingerprint density at radius 1 is 1.42 bits per heavy atom. The van der Waals surface area contributed by atoms with Crippen molar-refractivity contribution in [3.8, 4) is 0 Å². The number of nitrogens with zero attached hydrogens (tertiary/aromatic N) is 1. The van der Waals surface area contributed by atoms with Gasteiger partial charge in [-0.15, -0.1) is 0 Å². The molecule has 0 saturated carbocycles. The van der Waals surface area contributed by atoms with Crippen LogP contribution >= 0.6 is 7.60 Å². The first kappa shape index (κ1) is 11.6. The highest BCUT2D eigenvalue weighted by atomic mass is 31.2. The Kier molecular flexibility index (Phi) is 4.45. The molecule has 2 N–H and O–H groups in total. The zero-order valence-electron chi connectivity index (χ0n) is 7.23. The van der Waals surface area contributed by atoms with Crippen LogP contribution in [-0.4, -0.2) is 33.4 Å². The summed E-state index contributed by atoms with van der Waals surface area (Å²) >= 11 is 0. The lowest BCUT2D eigenvalue weighted by Crippen LogP contribution is -2.30. The Labute approximate surface area is 71.5 Å². The van der Waals surface area contributed by atoms with E-state index in [1.165, 1.54) is 0 Å². The van der Waals surface area contributed by atoms with Gasteiger partial charge in [0.2, 0.25) is 5.91 Å². The highest BCUT2D eigenvalue weighted by molar-refractivity contribution is 7.51. The number of hydrogen-bond acceptors (Lipinski definition) is 2. The molecule has 0 saturated heterocycles. The van der Waals surface area contributed by atoms with Crippen LogP contribution in [0.15, 0.2) is 0 Å². The minimum Gasteiger partial charge on any atom is -0.331 e. The van der Waals surface area contributed by atoms with E-state index in [1.54, 1.807) is 13.8 Å². The second kappa shape index (κ2) is 4.60. The summed E-state index contributed by atoms with van der Waals surface area (Å²) in [5, 5.41) is 0. The van der Waals surface area contributed by atoms with Crippen molar-refractivity contribution in [3.63, 3.8) is 0 Å². The second-order valence-corrected chi connectivity index (χ2v) is 4.02. The molecule has 0 spiro atoms. The zero-order valence-corrected chi connectivity index (χ0v) is 8.12. The smallest absolute Gasteiger partial charge is 0.331 e. The van der Waals surface area contributed by atoms with Crippen LogP contribution in [0.3, 0.4) is 0 Å². The monoisotopic (exact) mass is 195 g/mol. The van der Waals surface area contributed by atoms with Crippen LogP contribution in [0, 0.1) is 0 Å². The average molecular weight is 195 g/mol. The first-order valence-electron chi connectivity index (χ1n) is 3.73. The van der Waals surface area contributed by atoms with Crippen LogP contribution in [0.25, 0.3) is 0 Å². The van der Waals surface area contributed by atoms with Crippen LogP contribution in [0.5, 0.6) is 0 Å².